The van der Waals surface area contributed by atoms with Crippen LogP contribution < -0.4 is 4.90 Å². The van der Waals surface area contributed by atoms with Gasteiger partial charge in [0.15, 0.2) is 6.61 Å². The van der Waals surface area contributed by atoms with Crippen LogP contribution >= 0.6 is 0 Å². The lowest BCUT2D eigenvalue weighted by Gasteiger charge is -2.36. The van der Waals surface area contributed by atoms with E-state index in [0.29, 0.717) is 31.9 Å². The molecule has 1 saturated heterocycles. The summed E-state index contributed by atoms with van der Waals surface area (Å²) < 4.78 is 18.9. The van der Waals surface area contributed by atoms with Crippen molar-refractivity contribution in [1.82, 2.24) is 4.90 Å². The zero-order valence-corrected chi connectivity index (χ0v) is 15.0. The number of anilines is 1. The molecule has 0 unspecified atom stereocenters. The summed E-state index contributed by atoms with van der Waals surface area (Å²) >= 11 is 0. The van der Waals surface area contributed by atoms with Crippen molar-refractivity contribution in [2.24, 2.45) is 0 Å². The summed E-state index contributed by atoms with van der Waals surface area (Å²) in [7, 11) is 0. The number of carbonyl (C=O) groups excluding carboxylic acids is 2. The van der Waals surface area contributed by atoms with E-state index in [9.17, 15) is 19.1 Å². The number of rotatable bonds is 4. The van der Waals surface area contributed by atoms with Crippen LogP contribution in [0, 0.1) is 12.7 Å². The molecule has 0 atom stereocenters. The van der Waals surface area contributed by atoms with Crippen molar-refractivity contribution in [1.29, 1.82) is 0 Å². The average Bonchev–Trinajstić information content (AvgIpc) is 2.66. The number of nitrogens with zero attached hydrogens (tertiary/aromatic N) is 2. The number of phenolic OH excluding ortho intramolecular Hbond substituents is 1. The van der Waals surface area contributed by atoms with E-state index in [0.717, 1.165) is 5.56 Å². The molecule has 0 bridgehead atoms. The van der Waals surface area contributed by atoms with E-state index in [1.807, 2.05) is 4.90 Å². The highest BCUT2D eigenvalue weighted by molar-refractivity contribution is 5.94. The van der Waals surface area contributed by atoms with Crippen LogP contribution in [-0.2, 0) is 9.53 Å². The molecule has 1 heterocycles. The summed E-state index contributed by atoms with van der Waals surface area (Å²) in [6.45, 7) is 3.23. The maximum absolute atomic E-state index is 13.9. The van der Waals surface area contributed by atoms with E-state index in [-0.39, 0.29) is 23.0 Å². The third-order valence-electron chi connectivity index (χ3n) is 4.53. The Bertz CT molecular complexity index is 848. The van der Waals surface area contributed by atoms with E-state index in [1.54, 1.807) is 36.1 Å². The SMILES string of the molecule is Cc1ccc(C(=O)OCC(=O)N2CCN(c3ccccc3F)CC2)c(O)c1. The lowest BCUT2D eigenvalue weighted by atomic mass is 10.1. The van der Waals surface area contributed by atoms with Crippen molar-refractivity contribution in [3.05, 3.63) is 59.4 Å². The van der Waals surface area contributed by atoms with Crippen LogP contribution in [0.15, 0.2) is 42.5 Å². The maximum atomic E-state index is 13.9. The monoisotopic (exact) mass is 372 g/mol. The number of carbonyl (C=O) groups is 2. The molecule has 7 heteroatoms. The fraction of sp³-hybridized carbons (Fsp3) is 0.300. The molecule has 0 spiro atoms. The van der Waals surface area contributed by atoms with Crippen LogP contribution in [0.2, 0.25) is 0 Å². The summed E-state index contributed by atoms with van der Waals surface area (Å²) in [5, 5.41) is 9.80. The normalized spacial score (nSPS) is 14.1. The minimum atomic E-state index is -0.745. The molecule has 2 aromatic rings. The van der Waals surface area contributed by atoms with Gasteiger partial charge in [-0.05, 0) is 36.8 Å². The molecule has 1 aliphatic heterocycles. The van der Waals surface area contributed by atoms with Crippen LogP contribution in [-0.4, -0.2) is 54.7 Å². The molecule has 1 amide bonds. The average molecular weight is 372 g/mol. The molecule has 2 aromatic carbocycles. The Morgan fingerprint density at radius 1 is 1.11 bits per heavy atom. The zero-order valence-electron chi connectivity index (χ0n) is 15.0. The number of phenols is 1. The summed E-state index contributed by atoms with van der Waals surface area (Å²) in [6, 6.07) is 11.1. The Morgan fingerprint density at radius 2 is 1.81 bits per heavy atom. The third-order valence-corrected chi connectivity index (χ3v) is 4.53. The lowest BCUT2D eigenvalue weighted by molar-refractivity contribution is -0.134. The zero-order chi connectivity index (χ0) is 19.4. The highest BCUT2D eigenvalue weighted by Crippen LogP contribution is 2.21. The van der Waals surface area contributed by atoms with E-state index >= 15 is 0 Å². The van der Waals surface area contributed by atoms with Crippen molar-refractivity contribution in [2.45, 2.75) is 6.92 Å². The van der Waals surface area contributed by atoms with Gasteiger partial charge in [-0.2, -0.15) is 0 Å². The predicted octanol–water partition coefficient (Wildman–Crippen LogP) is 2.35. The van der Waals surface area contributed by atoms with Crippen LogP contribution in [0.3, 0.4) is 0 Å². The quantitative estimate of drug-likeness (QED) is 0.835. The van der Waals surface area contributed by atoms with Gasteiger partial charge in [0.2, 0.25) is 0 Å². The van der Waals surface area contributed by atoms with Gasteiger partial charge >= 0.3 is 5.97 Å². The first-order valence-corrected chi connectivity index (χ1v) is 8.69. The van der Waals surface area contributed by atoms with Crippen molar-refractivity contribution in [3.63, 3.8) is 0 Å². The minimum Gasteiger partial charge on any atom is -0.507 e. The largest absolute Gasteiger partial charge is 0.507 e. The molecule has 1 N–H and O–H groups in total. The predicted molar refractivity (Wildman–Crippen MR) is 98.3 cm³/mol. The third kappa shape index (κ3) is 4.36. The van der Waals surface area contributed by atoms with Crippen molar-refractivity contribution in [2.75, 3.05) is 37.7 Å². The number of piperazine rings is 1. The van der Waals surface area contributed by atoms with E-state index in [2.05, 4.69) is 0 Å². The summed E-state index contributed by atoms with van der Waals surface area (Å²) in [4.78, 5) is 27.8. The molecule has 0 radical (unpaired) electrons. The summed E-state index contributed by atoms with van der Waals surface area (Å²) in [5.41, 5.74) is 1.36. The highest BCUT2D eigenvalue weighted by Gasteiger charge is 2.24. The first-order chi connectivity index (χ1) is 13.0. The van der Waals surface area contributed by atoms with Crippen LogP contribution in [0.25, 0.3) is 0 Å². The molecular formula is C20H21FN2O4. The fourth-order valence-electron chi connectivity index (χ4n) is 3.02. The maximum Gasteiger partial charge on any atom is 0.342 e. The molecule has 0 aliphatic carbocycles. The standard InChI is InChI=1S/C20H21FN2O4/c1-14-6-7-15(18(24)12-14)20(26)27-13-19(25)23-10-8-22(9-11-23)17-5-3-2-4-16(17)21/h2-7,12,24H,8-11,13H2,1H3. The molecular weight excluding hydrogens is 351 g/mol. The molecule has 142 valence electrons. The van der Waals surface area contributed by atoms with Crippen LogP contribution in [0.5, 0.6) is 5.75 Å². The molecule has 27 heavy (non-hydrogen) atoms. The second-order valence-corrected chi connectivity index (χ2v) is 6.42. The molecule has 1 aliphatic rings. The number of halogens is 1. The number of amides is 1. The molecule has 3 rings (SSSR count). The fourth-order valence-corrected chi connectivity index (χ4v) is 3.02. The second kappa shape index (κ2) is 8.07. The number of esters is 1. The molecule has 1 fully saturated rings. The van der Waals surface area contributed by atoms with Gasteiger partial charge in [-0.1, -0.05) is 18.2 Å². The van der Waals surface area contributed by atoms with Gasteiger partial charge in [-0.15, -0.1) is 0 Å². The van der Waals surface area contributed by atoms with Gasteiger partial charge in [-0.25, -0.2) is 9.18 Å². The van der Waals surface area contributed by atoms with E-state index in [4.69, 9.17) is 4.74 Å². The van der Waals surface area contributed by atoms with Gasteiger partial charge in [-0.3, -0.25) is 4.79 Å². The van der Waals surface area contributed by atoms with Gasteiger partial charge in [0.25, 0.3) is 5.91 Å². The number of ether oxygens (including phenoxy) is 1. The summed E-state index contributed by atoms with van der Waals surface area (Å²) in [5.74, 6) is -1.52. The number of benzene rings is 2. The van der Waals surface area contributed by atoms with Crippen LogP contribution in [0.1, 0.15) is 15.9 Å². The minimum absolute atomic E-state index is 0.0257. The van der Waals surface area contributed by atoms with Gasteiger partial charge < -0.3 is 19.6 Å². The van der Waals surface area contributed by atoms with E-state index < -0.39 is 12.6 Å². The summed E-state index contributed by atoms with van der Waals surface area (Å²) in [6.07, 6.45) is 0. The number of hydrogen-bond donors (Lipinski definition) is 1. The van der Waals surface area contributed by atoms with Gasteiger partial charge in [0.05, 0.1) is 5.69 Å². The Balaban J connectivity index is 1.51. The molecule has 0 aromatic heterocycles. The topological polar surface area (TPSA) is 70.1 Å². The van der Waals surface area contributed by atoms with Crippen LogP contribution in [0.4, 0.5) is 10.1 Å². The number of aryl methyl sites for hydroxylation is 1. The Labute approximate surface area is 156 Å². The number of aromatic hydroxyl groups is 1. The first-order valence-electron chi connectivity index (χ1n) is 8.69. The first kappa shape index (κ1) is 18.7. The second-order valence-electron chi connectivity index (χ2n) is 6.42. The van der Waals surface area contributed by atoms with Crippen molar-refractivity contribution >= 4 is 17.6 Å². The molecule has 0 saturated carbocycles. The highest BCUT2D eigenvalue weighted by atomic mass is 19.1. The van der Waals surface area contributed by atoms with Gasteiger partial charge in [0, 0.05) is 26.2 Å². The Kier molecular flexibility index (Phi) is 5.59. The lowest BCUT2D eigenvalue weighted by Crippen LogP contribution is -2.50. The number of hydrogen-bond acceptors (Lipinski definition) is 5. The van der Waals surface area contributed by atoms with Crippen molar-refractivity contribution < 1.29 is 23.8 Å². The smallest absolute Gasteiger partial charge is 0.342 e. The van der Waals surface area contributed by atoms with Crippen molar-refractivity contribution in [3.8, 4) is 5.75 Å². The number of para-hydroxylation sites is 1. The van der Waals surface area contributed by atoms with Gasteiger partial charge in [0.1, 0.15) is 17.1 Å². The van der Waals surface area contributed by atoms with E-state index in [1.165, 1.54) is 18.2 Å². The Hall–Kier alpha value is -3.09. The Morgan fingerprint density at radius 3 is 2.48 bits per heavy atom. The molecule has 6 nitrogen and oxygen atoms in total.